The van der Waals surface area contributed by atoms with E-state index in [1.54, 1.807) is 11.1 Å². The molecular formula is C22H44O2. The number of rotatable bonds is 3. The molecule has 0 saturated heterocycles. The average Bonchev–Trinajstić information content (AvgIpc) is 2.88. The summed E-state index contributed by atoms with van der Waals surface area (Å²) in [4.78, 5) is 0. The second-order valence-electron chi connectivity index (χ2n) is 8.70. The number of aliphatic hydroxyl groups is 2. The van der Waals surface area contributed by atoms with Crippen LogP contribution in [0.1, 0.15) is 99.8 Å². The van der Waals surface area contributed by atoms with Gasteiger partial charge in [-0.2, -0.15) is 0 Å². The summed E-state index contributed by atoms with van der Waals surface area (Å²) in [5.41, 5.74) is 4.10. The molecule has 0 amide bonds. The molecule has 2 saturated carbocycles. The van der Waals surface area contributed by atoms with E-state index in [2.05, 4.69) is 34.6 Å². The Morgan fingerprint density at radius 2 is 1.75 bits per heavy atom. The van der Waals surface area contributed by atoms with Crippen molar-refractivity contribution in [2.45, 2.75) is 106 Å². The molecule has 0 radical (unpaired) electrons. The molecule has 3 atom stereocenters. The van der Waals surface area contributed by atoms with Crippen LogP contribution < -0.4 is 0 Å². The van der Waals surface area contributed by atoms with Crippen LogP contribution in [0.3, 0.4) is 0 Å². The lowest BCUT2D eigenvalue weighted by Gasteiger charge is -2.41. The number of hydrogen-bond donors (Lipinski definition) is 2. The van der Waals surface area contributed by atoms with E-state index >= 15 is 0 Å². The van der Waals surface area contributed by atoms with Crippen molar-refractivity contribution in [1.82, 2.24) is 0 Å². The van der Waals surface area contributed by atoms with Crippen LogP contribution in [0.5, 0.6) is 0 Å². The van der Waals surface area contributed by atoms with Crippen LogP contribution >= 0.6 is 0 Å². The smallest absolute Gasteiger partial charge is 0.0576 e. The highest BCUT2D eigenvalue weighted by molar-refractivity contribution is 5.27. The quantitative estimate of drug-likeness (QED) is 0.608. The van der Waals surface area contributed by atoms with Crippen molar-refractivity contribution in [1.29, 1.82) is 0 Å². The van der Waals surface area contributed by atoms with E-state index in [0.717, 1.165) is 13.5 Å². The van der Waals surface area contributed by atoms with Crippen LogP contribution in [0.4, 0.5) is 0 Å². The van der Waals surface area contributed by atoms with Gasteiger partial charge in [0.2, 0.25) is 0 Å². The van der Waals surface area contributed by atoms with Crippen LogP contribution in [-0.4, -0.2) is 23.4 Å². The fraction of sp³-hybridized carbons (Fsp3) is 0.909. The molecule has 144 valence electrons. The van der Waals surface area contributed by atoms with Gasteiger partial charge in [0.1, 0.15) is 0 Å². The Morgan fingerprint density at radius 1 is 1.17 bits per heavy atom. The molecule has 0 heterocycles. The Labute approximate surface area is 151 Å². The fourth-order valence-electron chi connectivity index (χ4n) is 4.70. The van der Waals surface area contributed by atoms with Crippen molar-refractivity contribution in [3.8, 4) is 0 Å². The maximum Gasteiger partial charge on any atom is 0.0576 e. The van der Waals surface area contributed by atoms with Crippen LogP contribution in [0, 0.1) is 16.7 Å². The maximum atomic E-state index is 10.3. The van der Waals surface area contributed by atoms with Crippen molar-refractivity contribution < 1.29 is 10.2 Å². The first kappa shape index (κ1) is 23.7. The molecule has 3 unspecified atom stereocenters. The zero-order valence-corrected chi connectivity index (χ0v) is 17.7. The minimum atomic E-state index is -0.0476. The van der Waals surface area contributed by atoms with Gasteiger partial charge in [0.05, 0.1) is 6.10 Å². The van der Waals surface area contributed by atoms with Crippen LogP contribution in [-0.2, 0) is 0 Å². The minimum Gasteiger partial charge on any atom is -0.400 e. The molecule has 2 aliphatic carbocycles. The standard InChI is InChI=1S/C19H34O.C2H6.CH4O/c1-14(8-6-12-18(2,3)4)15-10-11-16-17(20)9-7-13-19(15,16)5;2*1-2/h16-17,20H,6-13H2,1-5H3;1-2H3;2H,1H3/b15-14-;;. The van der Waals surface area contributed by atoms with Crippen molar-refractivity contribution in [3.05, 3.63) is 11.1 Å². The molecule has 0 aromatic carbocycles. The predicted molar refractivity (Wildman–Crippen MR) is 106 cm³/mol. The second-order valence-corrected chi connectivity index (χ2v) is 8.70. The topological polar surface area (TPSA) is 40.5 Å². The van der Waals surface area contributed by atoms with Gasteiger partial charge < -0.3 is 10.2 Å². The molecule has 24 heavy (non-hydrogen) atoms. The van der Waals surface area contributed by atoms with Gasteiger partial charge in [-0.05, 0) is 75.0 Å². The lowest BCUT2D eigenvalue weighted by molar-refractivity contribution is 0.0145. The van der Waals surface area contributed by atoms with E-state index in [1.807, 2.05) is 13.8 Å². The normalized spacial score (nSPS) is 31.2. The van der Waals surface area contributed by atoms with Gasteiger partial charge in [0, 0.05) is 7.11 Å². The first-order valence-corrected chi connectivity index (χ1v) is 10.1. The summed E-state index contributed by atoms with van der Waals surface area (Å²) < 4.78 is 0. The van der Waals surface area contributed by atoms with Crippen LogP contribution in [0.2, 0.25) is 0 Å². The molecule has 2 fully saturated rings. The Balaban J connectivity index is 0.00000123. The Kier molecular flexibility index (Phi) is 10.5. The summed E-state index contributed by atoms with van der Waals surface area (Å²) in [6.45, 7) is 15.8. The molecule has 2 N–H and O–H groups in total. The lowest BCUT2D eigenvalue weighted by Crippen LogP contribution is -2.37. The number of aliphatic hydroxyl groups excluding tert-OH is 2. The van der Waals surface area contributed by atoms with E-state index in [-0.39, 0.29) is 6.10 Å². The molecule has 0 aliphatic heterocycles. The summed E-state index contributed by atoms with van der Waals surface area (Å²) in [5, 5.41) is 17.3. The second kappa shape index (κ2) is 10.6. The van der Waals surface area contributed by atoms with Gasteiger partial charge in [0.25, 0.3) is 0 Å². The zero-order chi connectivity index (χ0) is 19.0. The van der Waals surface area contributed by atoms with Crippen molar-refractivity contribution in [2.24, 2.45) is 16.7 Å². The maximum absolute atomic E-state index is 10.3. The molecule has 0 spiro atoms. The number of fused-ring (bicyclic) bond motifs is 1. The van der Waals surface area contributed by atoms with Crippen molar-refractivity contribution in [3.63, 3.8) is 0 Å². The monoisotopic (exact) mass is 340 g/mol. The minimum absolute atomic E-state index is 0.0476. The molecular weight excluding hydrogens is 296 g/mol. The van der Waals surface area contributed by atoms with Crippen molar-refractivity contribution >= 4 is 0 Å². The molecule has 2 aliphatic rings. The van der Waals surface area contributed by atoms with Gasteiger partial charge >= 0.3 is 0 Å². The first-order valence-electron chi connectivity index (χ1n) is 10.1. The van der Waals surface area contributed by atoms with Crippen LogP contribution in [0.15, 0.2) is 11.1 Å². The molecule has 2 heteroatoms. The SMILES string of the molecule is C/C(CCCC(C)(C)C)=C1\CCC2C(O)CCCC12C.CC.CO. The Hall–Kier alpha value is -0.340. The molecule has 0 aromatic heterocycles. The molecule has 2 nitrogen and oxygen atoms in total. The van der Waals surface area contributed by atoms with Crippen LogP contribution in [0.25, 0.3) is 0 Å². The summed E-state index contributed by atoms with van der Waals surface area (Å²) in [5.74, 6) is 0.531. The fourth-order valence-corrected chi connectivity index (χ4v) is 4.70. The molecule has 0 aromatic rings. The predicted octanol–water partition coefficient (Wildman–Crippen LogP) is 6.12. The van der Waals surface area contributed by atoms with E-state index in [9.17, 15) is 5.11 Å². The summed E-state index contributed by atoms with van der Waals surface area (Å²) in [7, 11) is 1.00. The van der Waals surface area contributed by atoms with Gasteiger partial charge in [-0.15, -0.1) is 0 Å². The highest BCUT2D eigenvalue weighted by Crippen LogP contribution is 2.56. The van der Waals surface area contributed by atoms with Gasteiger partial charge in [-0.1, -0.05) is 52.7 Å². The Bertz CT molecular complexity index is 378. The van der Waals surface area contributed by atoms with E-state index in [4.69, 9.17) is 5.11 Å². The third-order valence-corrected chi connectivity index (χ3v) is 5.87. The van der Waals surface area contributed by atoms with Crippen molar-refractivity contribution in [2.75, 3.05) is 7.11 Å². The molecule has 2 rings (SSSR count). The van der Waals surface area contributed by atoms with E-state index < -0.39 is 0 Å². The van der Waals surface area contributed by atoms with Gasteiger partial charge in [0.15, 0.2) is 0 Å². The van der Waals surface area contributed by atoms with E-state index in [0.29, 0.717) is 16.7 Å². The summed E-state index contributed by atoms with van der Waals surface area (Å²) in [6.07, 6.45) is 9.79. The zero-order valence-electron chi connectivity index (χ0n) is 17.7. The number of allylic oxidation sites excluding steroid dienone is 2. The third-order valence-electron chi connectivity index (χ3n) is 5.87. The third kappa shape index (κ3) is 6.19. The largest absolute Gasteiger partial charge is 0.400 e. The average molecular weight is 341 g/mol. The van der Waals surface area contributed by atoms with Gasteiger partial charge in [-0.25, -0.2) is 0 Å². The Morgan fingerprint density at radius 3 is 2.29 bits per heavy atom. The molecule has 0 bridgehead atoms. The van der Waals surface area contributed by atoms with Gasteiger partial charge in [-0.3, -0.25) is 0 Å². The highest BCUT2D eigenvalue weighted by atomic mass is 16.3. The summed E-state index contributed by atoms with van der Waals surface area (Å²) in [6, 6.07) is 0. The first-order chi connectivity index (χ1) is 11.2. The number of hydrogen-bond acceptors (Lipinski definition) is 2. The highest BCUT2D eigenvalue weighted by Gasteiger charge is 2.48. The summed E-state index contributed by atoms with van der Waals surface area (Å²) >= 11 is 0. The van der Waals surface area contributed by atoms with E-state index in [1.165, 1.54) is 44.9 Å². The lowest BCUT2D eigenvalue weighted by atomic mass is 9.65.